The maximum atomic E-state index is 12.4. The molecule has 1 heterocycles. The first kappa shape index (κ1) is 19.0. The number of carbonyl (C=O) groups is 2. The van der Waals surface area contributed by atoms with Gasteiger partial charge in [0.1, 0.15) is 0 Å². The molecule has 0 radical (unpaired) electrons. The van der Waals surface area contributed by atoms with Crippen LogP contribution >= 0.6 is 0 Å². The second kappa shape index (κ2) is 8.15. The van der Waals surface area contributed by atoms with E-state index in [1.807, 2.05) is 0 Å². The van der Waals surface area contributed by atoms with Crippen LogP contribution in [0.4, 0.5) is 4.79 Å². The maximum absolute atomic E-state index is 12.4. The predicted octanol–water partition coefficient (Wildman–Crippen LogP) is -0.0319. The van der Waals surface area contributed by atoms with Crippen molar-refractivity contribution in [2.45, 2.75) is 38.1 Å². The zero-order valence-corrected chi connectivity index (χ0v) is 15.3. The highest BCUT2D eigenvalue weighted by Gasteiger charge is 2.29. The number of rotatable bonds is 3. The van der Waals surface area contributed by atoms with Crippen LogP contribution in [-0.2, 0) is 14.8 Å². The molecule has 0 aromatic carbocycles. The molecule has 1 saturated heterocycles. The summed E-state index contributed by atoms with van der Waals surface area (Å²) in [4.78, 5) is 25.7. The molecule has 3 amide bonds. The lowest BCUT2D eigenvalue weighted by molar-refractivity contribution is -0.125. The number of urea groups is 1. The Labute approximate surface area is 144 Å². The fourth-order valence-electron chi connectivity index (χ4n) is 3.40. The second-order valence-corrected chi connectivity index (χ2v) is 8.60. The Bertz CT molecular complexity index is 558. The molecular formula is C15H28N4O4S. The van der Waals surface area contributed by atoms with Crippen LogP contribution in [0.5, 0.6) is 0 Å². The van der Waals surface area contributed by atoms with Crippen molar-refractivity contribution in [3.63, 3.8) is 0 Å². The topological polar surface area (TPSA) is 98.8 Å². The van der Waals surface area contributed by atoms with Crippen molar-refractivity contribution in [2.24, 2.45) is 5.92 Å². The number of nitrogens with zero attached hydrogens (tertiary/aromatic N) is 2. The fourth-order valence-corrected chi connectivity index (χ4v) is 4.27. The number of nitrogens with one attached hydrogen (secondary N) is 2. The summed E-state index contributed by atoms with van der Waals surface area (Å²) in [5.41, 5.74) is 0. The summed E-state index contributed by atoms with van der Waals surface area (Å²) in [5.74, 6) is 0.123. The van der Waals surface area contributed by atoms with Crippen molar-refractivity contribution in [1.82, 2.24) is 19.8 Å². The molecule has 1 aliphatic heterocycles. The highest BCUT2D eigenvalue weighted by Crippen LogP contribution is 2.24. The molecule has 138 valence electrons. The van der Waals surface area contributed by atoms with Crippen molar-refractivity contribution in [3.05, 3.63) is 0 Å². The molecule has 0 aromatic heterocycles. The minimum absolute atomic E-state index is 0.0460. The Balaban J connectivity index is 1.80. The molecule has 0 atom stereocenters. The number of sulfonamides is 1. The molecule has 0 spiro atoms. The van der Waals surface area contributed by atoms with E-state index in [4.69, 9.17) is 0 Å². The molecular weight excluding hydrogens is 332 g/mol. The van der Waals surface area contributed by atoms with Gasteiger partial charge in [-0.15, -0.1) is 0 Å². The van der Waals surface area contributed by atoms with E-state index < -0.39 is 10.0 Å². The van der Waals surface area contributed by atoms with Crippen LogP contribution in [0.2, 0.25) is 0 Å². The van der Waals surface area contributed by atoms with Crippen molar-refractivity contribution in [2.75, 3.05) is 39.5 Å². The summed E-state index contributed by atoms with van der Waals surface area (Å²) < 4.78 is 24.7. The Morgan fingerprint density at radius 2 is 1.67 bits per heavy atom. The molecule has 9 heteroatoms. The van der Waals surface area contributed by atoms with Gasteiger partial charge in [0.05, 0.1) is 6.26 Å². The Morgan fingerprint density at radius 1 is 1.00 bits per heavy atom. The summed E-state index contributed by atoms with van der Waals surface area (Å²) in [6.45, 7) is 1.77. The van der Waals surface area contributed by atoms with Gasteiger partial charge in [0.25, 0.3) is 0 Å². The lowest BCUT2D eigenvalue weighted by Gasteiger charge is -2.30. The number of amides is 3. The fraction of sp³-hybridized carbons (Fsp3) is 0.867. The molecule has 2 N–H and O–H groups in total. The van der Waals surface area contributed by atoms with E-state index in [9.17, 15) is 18.0 Å². The van der Waals surface area contributed by atoms with Crippen LogP contribution in [-0.4, -0.2) is 75.1 Å². The summed E-state index contributed by atoms with van der Waals surface area (Å²) in [7, 11) is -1.56. The van der Waals surface area contributed by atoms with Gasteiger partial charge in [-0.25, -0.2) is 17.5 Å². The number of hydrogen-bond donors (Lipinski definition) is 2. The van der Waals surface area contributed by atoms with Gasteiger partial charge in [-0.3, -0.25) is 4.79 Å². The third-order valence-corrected chi connectivity index (χ3v) is 6.19. The van der Waals surface area contributed by atoms with Gasteiger partial charge >= 0.3 is 6.03 Å². The van der Waals surface area contributed by atoms with Crippen molar-refractivity contribution >= 4 is 22.0 Å². The minimum atomic E-state index is -3.21. The lowest BCUT2D eigenvalue weighted by atomic mass is 9.85. The van der Waals surface area contributed by atoms with E-state index in [0.29, 0.717) is 32.6 Å². The van der Waals surface area contributed by atoms with E-state index in [0.717, 1.165) is 25.7 Å². The molecule has 0 aromatic rings. The number of carbonyl (C=O) groups excluding carboxylic acids is 2. The smallest absolute Gasteiger partial charge is 0.317 e. The average Bonchev–Trinajstić information content (AvgIpc) is 2.81. The van der Waals surface area contributed by atoms with E-state index in [-0.39, 0.29) is 23.9 Å². The second-order valence-electron chi connectivity index (χ2n) is 6.61. The zero-order valence-electron chi connectivity index (χ0n) is 14.5. The minimum Gasteiger partial charge on any atom is -0.359 e. The SMILES string of the molecule is CNC(=O)C1CCC(NC(=O)N2CCCN(S(C)(=O)=O)CC2)CC1. The van der Waals surface area contributed by atoms with Gasteiger partial charge in [-0.2, -0.15) is 0 Å². The summed E-state index contributed by atoms with van der Waals surface area (Å²) >= 11 is 0. The van der Waals surface area contributed by atoms with Crippen molar-refractivity contribution < 1.29 is 18.0 Å². The molecule has 0 bridgehead atoms. The first-order valence-corrected chi connectivity index (χ1v) is 10.4. The van der Waals surface area contributed by atoms with Crippen LogP contribution in [0.1, 0.15) is 32.1 Å². The van der Waals surface area contributed by atoms with Crippen LogP contribution < -0.4 is 10.6 Å². The Hall–Kier alpha value is -1.35. The summed E-state index contributed by atoms with van der Waals surface area (Å²) in [5, 5.41) is 5.71. The molecule has 2 aliphatic rings. The van der Waals surface area contributed by atoms with Crippen LogP contribution in [0, 0.1) is 5.92 Å². The lowest BCUT2D eigenvalue weighted by Crippen LogP contribution is -2.48. The van der Waals surface area contributed by atoms with Gasteiger partial charge in [0.15, 0.2) is 0 Å². The maximum Gasteiger partial charge on any atom is 0.317 e. The Morgan fingerprint density at radius 3 is 2.25 bits per heavy atom. The monoisotopic (exact) mass is 360 g/mol. The van der Waals surface area contributed by atoms with Crippen LogP contribution in [0.3, 0.4) is 0 Å². The van der Waals surface area contributed by atoms with E-state index >= 15 is 0 Å². The molecule has 0 unspecified atom stereocenters. The van der Waals surface area contributed by atoms with E-state index in [2.05, 4.69) is 10.6 Å². The largest absolute Gasteiger partial charge is 0.359 e. The number of hydrogen-bond acceptors (Lipinski definition) is 4. The highest BCUT2D eigenvalue weighted by atomic mass is 32.2. The van der Waals surface area contributed by atoms with Crippen LogP contribution in [0.15, 0.2) is 0 Å². The predicted molar refractivity (Wildman–Crippen MR) is 91.0 cm³/mol. The van der Waals surface area contributed by atoms with E-state index in [1.165, 1.54) is 10.6 Å². The first-order valence-electron chi connectivity index (χ1n) is 8.53. The normalized spacial score (nSPS) is 26.5. The molecule has 1 aliphatic carbocycles. The third-order valence-electron chi connectivity index (χ3n) is 4.88. The highest BCUT2D eigenvalue weighted by molar-refractivity contribution is 7.88. The standard InChI is InChI=1S/C15H28N4O4S/c1-16-14(20)12-4-6-13(7-5-12)17-15(21)18-8-3-9-19(11-10-18)24(2,22)23/h12-13H,3-11H2,1-2H3,(H,16,20)(H,17,21). The molecule has 8 nitrogen and oxygen atoms in total. The van der Waals surface area contributed by atoms with Gasteiger partial charge in [-0.1, -0.05) is 0 Å². The quantitative estimate of drug-likeness (QED) is 0.738. The third kappa shape index (κ3) is 5.07. The van der Waals surface area contributed by atoms with E-state index in [1.54, 1.807) is 11.9 Å². The molecule has 1 saturated carbocycles. The molecule has 24 heavy (non-hydrogen) atoms. The van der Waals surface area contributed by atoms with Crippen molar-refractivity contribution in [3.8, 4) is 0 Å². The van der Waals surface area contributed by atoms with Crippen LogP contribution in [0.25, 0.3) is 0 Å². The molecule has 2 rings (SSSR count). The zero-order chi connectivity index (χ0) is 17.7. The van der Waals surface area contributed by atoms with Crippen molar-refractivity contribution in [1.29, 1.82) is 0 Å². The first-order chi connectivity index (χ1) is 11.3. The summed E-state index contributed by atoms with van der Waals surface area (Å²) in [6, 6.07) is -0.0404. The van der Waals surface area contributed by atoms with Gasteiger partial charge in [0, 0.05) is 45.2 Å². The average molecular weight is 360 g/mol. The van der Waals surface area contributed by atoms with Gasteiger partial charge in [-0.05, 0) is 32.1 Å². The summed E-state index contributed by atoms with van der Waals surface area (Å²) in [6.07, 6.45) is 5.01. The Kier molecular flexibility index (Phi) is 6.45. The van der Waals surface area contributed by atoms with Gasteiger partial charge in [0.2, 0.25) is 15.9 Å². The molecule has 2 fully saturated rings. The van der Waals surface area contributed by atoms with Gasteiger partial charge < -0.3 is 15.5 Å².